The Kier molecular flexibility index (Phi) is 6.62. The molecule has 2 aromatic carbocycles. The minimum absolute atomic E-state index is 0.197. The molecule has 33 heavy (non-hydrogen) atoms. The third kappa shape index (κ3) is 4.69. The monoisotopic (exact) mass is 452 g/mol. The van der Waals surface area contributed by atoms with Gasteiger partial charge in [0.15, 0.2) is 0 Å². The molecule has 0 amide bonds. The van der Waals surface area contributed by atoms with Crippen LogP contribution in [0.2, 0.25) is 0 Å². The molecule has 1 aromatic heterocycles. The van der Waals surface area contributed by atoms with Crippen molar-refractivity contribution in [1.29, 1.82) is 0 Å². The van der Waals surface area contributed by atoms with Gasteiger partial charge in [-0.15, -0.1) is 0 Å². The van der Waals surface area contributed by atoms with E-state index in [-0.39, 0.29) is 17.6 Å². The SMILES string of the molecule is COC(=O)CN1CCN(c2cccc(-n3c(C(C)OC)nc4cc(C(=O)O)ccc43)c2)CC1. The van der Waals surface area contributed by atoms with Gasteiger partial charge in [-0.25, -0.2) is 9.78 Å². The van der Waals surface area contributed by atoms with Gasteiger partial charge in [-0.1, -0.05) is 6.07 Å². The summed E-state index contributed by atoms with van der Waals surface area (Å²) in [6.07, 6.45) is -0.281. The molecule has 4 rings (SSSR count). The Morgan fingerprint density at radius 3 is 2.45 bits per heavy atom. The van der Waals surface area contributed by atoms with Crippen molar-refractivity contribution < 1.29 is 24.2 Å². The number of carboxylic acids is 1. The largest absolute Gasteiger partial charge is 0.478 e. The first-order valence-corrected chi connectivity index (χ1v) is 10.8. The summed E-state index contributed by atoms with van der Waals surface area (Å²) in [5.74, 6) is -0.500. The molecule has 2 heterocycles. The van der Waals surface area contributed by atoms with Gasteiger partial charge in [0.2, 0.25) is 0 Å². The van der Waals surface area contributed by atoms with Crippen LogP contribution in [0.15, 0.2) is 42.5 Å². The predicted octanol–water partition coefficient (Wildman–Crippen LogP) is 2.73. The van der Waals surface area contributed by atoms with Gasteiger partial charge in [-0.2, -0.15) is 0 Å². The molecule has 1 atom stereocenters. The van der Waals surface area contributed by atoms with Crippen LogP contribution in [0.25, 0.3) is 16.7 Å². The van der Waals surface area contributed by atoms with Crippen LogP contribution >= 0.6 is 0 Å². The lowest BCUT2D eigenvalue weighted by molar-refractivity contribution is -0.142. The zero-order valence-corrected chi connectivity index (χ0v) is 19.0. The molecular weight excluding hydrogens is 424 g/mol. The number of hydrogen-bond acceptors (Lipinski definition) is 7. The number of imidazole rings is 1. The number of aromatic carboxylic acids is 1. The summed E-state index contributed by atoms with van der Waals surface area (Å²) in [5.41, 5.74) is 3.62. The molecule has 1 fully saturated rings. The average Bonchev–Trinajstić information content (AvgIpc) is 3.22. The number of fused-ring (bicyclic) bond motifs is 1. The van der Waals surface area contributed by atoms with E-state index in [1.165, 1.54) is 7.11 Å². The first kappa shape index (κ1) is 22.8. The van der Waals surface area contributed by atoms with Crippen LogP contribution in [-0.4, -0.2) is 78.4 Å². The number of ether oxygens (including phenoxy) is 2. The summed E-state index contributed by atoms with van der Waals surface area (Å²) in [7, 11) is 3.03. The number of carbonyl (C=O) groups is 2. The summed E-state index contributed by atoms with van der Waals surface area (Å²) in [6.45, 7) is 5.37. The molecule has 1 aliphatic heterocycles. The summed E-state index contributed by atoms with van der Waals surface area (Å²) in [5, 5.41) is 9.36. The maximum atomic E-state index is 11.6. The number of benzene rings is 2. The maximum absolute atomic E-state index is 11.6. The van der Waals surface area contributed by atoms with Crippen LogP contribution in [0.3, 0.4) is 0 Å². The number of esters is 1. The van der Waals surface area contributed by atoms with Crippen molar-refractivity contribution >= 4 is 28.7 Å². The van der Waals surface area contributed by atoms with Gasteiger partial charge in [-0.05, 0) is 43.3 Å². The van der Waals surface area contributed by atoms with Crippen molar-refractivity contribution in [3.8, 4) is 5.69 Å². The fourth-order valence-corrected chi connectivity index (χ4v) is 4.12. The molecule has 0 saturated carbocycles. The van der Waals surface area contributed by atoms with E-state index >= 15 is 0 Å². The fraction of sp³-hybridized carbons (Fsp3) is 0.375. The first-order valence-electron chi connectivity index (χ1n) is 10.8. The predicted molar refractivity (Wildman–Crippen MR) is 124 cm³/mol. The van der Waals surface area contributed by atoms with Crippen LogP contribution in [0.1, 0.15) is 29.2 Å². The minimum Gasteiger partial charge on any atom is -0.478 e. The van der Waals surface area contributed by atoms with Crippen LogP contribution in [0, 0.1) is 0 Å². The van der Waals surface area contributed by atoms with E-state index in [1.54, 1.807) is 25.3 Å². The molecule has 1 unspecified atom stereocenters. The third-order valence-corrected chi connectivity index (χ3v) is 6.05. The van der Waals surface area contributed by atoms with Crippen LogP contribution in [0.5, 0.6) is 0 Å². The van der Waals surface area contributed by atoms with Crippen LogP contribution < -0.4 is 4.90 Å². The first-order chi connectivity index (χ1) is 15.9. The second-order valence-electron chi connectivity index (χ2n) is 8.05. The Bertz CT molecular complexity index is 1170. The molecule has 0 bridgehead atoms. The van der Waals surface area contributed by atoms with E-state index in [1.807, 2.05) is 23.6 Å². The molecule has 1 saturated heterocycles. The third-order valence-electron chi connectivity index (χ3n) is 6.05. The van der Waals surface area contributed by atoms with Crippen molar-refractivity contribution in [1.82, 2.24) is 14.5 Å². The number of nitrogens with zero attached hydrogens (tertiary/aromatic N) is 4. The Morgan fingerprint density at radius 2 is 1.79 bits per heavy atom. The van der Waals surface area contributed by atoms with Gasteiger partial charge in [-0.3, -0.25) is 14.3 Å². The van der Waals surface area contributed by atoms with Crippen LogP contribution in [-0.2, 0) is 14.3 Å². The van der Waals surface area contributed by atoms with Gasteiger partial charge in [0.05, 0.1) is 30.3 Å². The average molecular weight is 453 g/mol. The molecule has 0 aliphatic carbocycles. The number of methoxy groups -OCH3 is 2. The van der Waals surface area contributed by atoms with Gasteiger partial charge in [0.25, 0.3) is 0 Å². The van der Waals surface area contributed by atoms with Crippen molar-refractivity contribution in [2.75, 3.05) is 51.8 Å². The Balaban J connectivity index is 1.66. The number of anilines is 1. The Hall–Kier alpha value is -3.43. The van der Waals surface area contributed by atoms with Gasteiger partial charge in [0.1, 0.15) is 11.9 Å². The number of rotatable bonds is 7. The van der Waals surface area contributed by atoms with E-state index in [4.69, 9.17) is 14.5 Å². The van der Waals surface area contributed by atoms with Crippen molar-refractivity contribution in [3.63, 3.8) is 0 Å². The molecule has 1 N–H and O–H groups in total. The molecule has 174 valence electrons. The zero-order valence-electron chi connectivity index (χ0n) is 19.0. The zero-order chi connectivity index (χ0) is 23.5. The number of carboxylic acid groups (broad SMARTS) is 1. The second-order valence-corrected chi connectivity index (χ2v) is 8.05. The smallest absolute Gasteiger partial charge is 0.335 e. The van der Waals surface area contributed by atoms with Gasteiger partial charge >= 0.3 is 11.9 Å². The quantitative estimate of drug-likeness (QED) is 0.547. The van der Waals surface area contributed by atoms with Crippen LogP contribution in [0.4, 0.5) is 5.69 Å². The molecule has 0 radical (unpaired) electrons. The van der Waals surface area contributed by atoms with E-state index in [0.29, 0.717) is 17.9 Å². The molecule has 9 heteroatoms. The fourth-order valence-electron chi connectivity index (χ4n) is 4.12. The summed E-state index contributed by atoms with van der Waals surface area (Å²) >= 11 is 0. The molecule has 9 nitrogen and oxygen atoms in total. The number of piperazine rings is 1. The topological polar surface area (TPSA) is 97.1 Å². The standard InChI is InChI=1S/C24H28N4O5/c1-16(32-2)23-25-20-13-17(24(30)31)7-8-21(20)28(23)19-6-4-5-18(14-19)27-11-9-26(10-12-27)15-22(29)33-3/h4-8,13-14,16H,9-12,15H2,1-3H3,(H,30,31). The van der Waals surface area contributed by atoms with Gasteiger partial charge in [0, 0.05) is 44.7 Å². The number of hydrogen-bond donors (Lipinski definition) is 1. The van der Waals surface area contributed by atoms with E-state index in [0.717, 1.165) is 43.1 Å². The highest BCUT2D eigenvalue weighted by Crippen LogP contribution is 2.29. The minimum atomic E-state index is -0.985. The van der Waals surface area contributed by atoms with Crippen molar-refractivity contribution in [2.24, 2.45) is 0 Å². The van der Waals surface area contributed by atoms with Gasteiger partial charge < -0.3 is 19.5 Å². The van der Waals surface area contributed by atoms with E-state index < -0.39 is 5.97 Å². The lowest BCUT2D eigenvalue weighted by atomic mass is 10.2. The highest BCUT2D eigenvalue weighted by Gasteiger charge is 2.22. The highest BCUT2D eigenvalue weighted by atomic mass is 16.5. The second kappa shape index (κ2) is 9.60. The number of aromatic nitrogens is 2. The van der Waals surface area contributed by atoms with E-state index in [2.05, 4.69) is 21.9 Å². The summed E-state index contributed by atoms with van der Waals surface area (Å²) in [4.78, 5) is 32.1. The molecule has 3 aromatic rings. The Morgan fingerprint density at radius 1 is 1.06 bits per heavy atom. The summed E-state index contributed by atoms with van der Waals surface area (Å²) < 4.78 is 12.3. The van der Waals surface area contributed by atoms with Crippen molar-refractivity contribution in [2.45, 2.75) is 13.0 Å². The lowest BCUT2D eigenvalue weighted by Gasteiger charge is -2.35. The molecule has 0 spiro atoms. The lowest BCUT2D eigenvalue weighted by Crippen LogP contribution is -2.48. The molecular formula is C24H28N4O5. The molecule has 1 aliphatic rings. The summed E-state index contributed by atoms with van der Waals surface area (Å²) in [6, 6.07) is 13.2. The normalized spacial score (nSPS) is 15.5. The highest BCUT2D eigenvalue weighted by molar-refractivity contribution is 5.93. The number of carbonyl (C=O) groups excluding carboxylic acids is 1. The maximum Gasteiger partial charge on any atom is 0.335 e. The van der Waals surface area contributed by atoms with Crippen molar-refractivity contribution in [3.05, 3.63) is 53.9 Å². The van der Waals surface area contributed by atoms with E-state index in [9.17, 15) is 14.7 Å². The Labute approximate surface area is 192 Å².